The highest BCUT2D eigenvalue weighted by molar-refractivity contribution is 7.98. The summed E-state index contributed by atoms with van der Waals surface area (Å²) >= 11 is 1.63. The molecule has 0 radical (unpaired) electrons. The SMILES string of the molecule is CSc1ccc(COC(=O)CNS(=O)(=O)c2cc(C)ccc2C)cc1. The van der Waals surface area contributed by atoms with Gasteiger partial charge in [-0.3, -0.25) is 4.79 Å². The normalized spacial score (nSPS) is 11.3. The summed E-state index contributed by atoms with van der Waals surface area (Å²) in [4.78, 5) is 13.1. The van der Waals surface area contributed by atoms with Crippen LogP contribution in [0.3, 0.4) is 0 Å². The van der Waals surface area contributed by atoms with Gasteiger partial charge in [0.05, 0.1) is 4.90 Å². The Morgan fingerprint density at radius 3 is 2.44 bits per heavy atom. The smallest absolute Gasteiger partial charge is 0.321 e. The van der Waals surface area contributed by atoms with Gasteiger partial charge < -0.3 is 4.74 Å². The van der Waals surface area contributed by atoms with Crippen molar-refractivity contribution in [3.63, 3.8) is 0 Å². The fraction of sp³-hybridized carbons (Fsp3) is 0.278. The molecule has 0 fully saturated rings. The van der Waals surface area contributed by atoms with E-state index >= 15 is 0 Å². The molecule has 0 bridgehead atoms. The van der Waals surface area contributed by atoms with Crippen LogP contribution in [0.5, 0.6) is 0 Å². The van der Waals surface area contributed by atoms with E-state index in [1.807, 2.05) is 43.5 Å². The molecule has 0 aliphatic heterocycles. The average molecular weight is 380 g/mol. The van der Waals surface area contributed by atoms with Crippen molar-refractivity contribution in [1.82, 2.24) is 4.72 Å². The second-order valence-electron chi connectivity index (χ2n) is 5.60. The van der Waals surface area contributed by atoms with Crippen LogP contribution < -0.4 is 4.72 Å². The van der Waals surface area contributed by atoms with Gasteiger partial charge in [-0.2, -0.15) is 4.72 Å². The van der Waals surface area contributed by atoms with Crippen molar-refractivity contribution in [3.05, 3.63) is 59.2 Å². The molecule has 5 nitrogen and oxygen atoms in total. The molecule has 0 aliphatic rings. The second kappa shape index (κ2) is 8.51. The van der Waals surface area contributed by atoms with Gasteiger partial charge >= 0.3 is 5.97 Å². The Morgan fingerprint density at radius 1 is 1.12 bits per heavy atom. The largest absolute Gasteiger partial charge is 0.460 e. The molecule has 0 amide bonds. The molecular weight excluding hydrogens is 358 g/mol. The molecule has 0 atom stereocenters. The molecule has 134 valence electrons. The van der Waals surface area contributed by atoms with E-state index in [2.05, 4.69) is 4.72 Å². The fourth-order valence-corrected chi connectivity index (χ4v) is 3.87. The number of esters is 1. The molecule has 0 aromatic heterocycles. The van der Waals surface area contributed by atoms with Gasteiger partial charge in [0.1, 0.15) is 13.2 Å². The van der Waals surface area contributed by atoms with Crippen LogP contribution in [0.1, 0.15) is 16.7 Å². The molecule has 25 heavy (non-hydrogen) atoms. The van der Waals surface area contributed by atoms with E-state index in [0.717, 1.165) is 16.0 Å². The lowest BCUT2D eigenvalue weighted by molar-refractivity contribution is -0.143. The molecule has 2 aromatic carbocycles. The maximum absolute atomic E-state index is 12.3. The zero-order valence-corrected chi connectivity index (χ0v) is 16.0. The second-order valence-corrected chi connectivity index (χ2v) is 8.22. The minimum Gasteiger partial charge on any atom is -0.460 e. The van der Waals surface area contributed by atoms with Crippen LogP contribution in [-0.2, 0) is 26.2 Å². The van der Waals surface area contributed by atoms with E-state index in [9.17, 15) is 13.2 Å². The molecule has 0 saturated carbocycles. The number of rotatable bonds is 7. The zero-order valence-electron chi connectivity index (χ0n) is 14.4. The quantitative estimate of drug-likeness (QED) is 0.591. The van der Waals surface area contributed by atoms with E-state index in [1.54, 1.807) is 30.8 Å². The summed E-state index contributed by atoms with van der Waals surface area (Å²) in [5.41, 5.74) is 2.31. The van der Waals surface area contributed by atoms with Crippen LogP contribution in [0.4, 0.5) is 0 Å². The number of nitrogens with one attached hydrogen (secondary N) is 1. The van der Waals surface area contributed by atoms with Crippen LogP contribution in [-0.4, -0.2) is 27.2 Å². The number of sulfonamides is 1. The highest BCUT2D eigenvalue weighted by Crippen LogP contribution is 2.17. The summed E-state index contributed by atoms with van der Waals surface area (Å²) in [7, 11) is -3.75. The van der Waals surface area contributed by atoms with Crippen molar-refractivity contribution >= 4 is 27.8 Å². The van der Waals surface area contributed by atoms with Crippen molar-refractivity contribution in [1.29, 1.82) is 0 Å². The number of hydrogen-bond acceptors (Lipinski definition) is 5. The number of thioether (sulfide) groups is 1. The molecule has 2 aromatic rings. The van der Waals surface area contributed by atoms with Gasteiger partial charge in [0.25, 0.3) is 0 Å². The van der Waals surface area contributed by atoms with Gasteiger partial charge in [-0.25, -0.2) is 8.42 Å². The van der Waals surface area contributed by atoms with Gasteiger partial charge in [0.2, 0.25) is 10.0 Å². The number of aryl methyl sites for hydroxylation is 2. The van der Waals surface area contributed by atoms with Crippen LogP contribution in [0.25, 0.3) is 0 Å². The third-order valence-electron chi connectivity index (χ3n) is 3.60. The number of benzene rings is 2. The fourth-order valence-electron chi connectivity index (χ4n) is 2.17. The number of carbonyl (C=O) groups excluding carboxylic acids is 1. The summed E-state index contributed by atoms with van der Waals surface area (Å²) in [6, 6.07) is 12.8. The van der Waals surface area contributed by atoms with Gasteiger partial charge in [-0.1, -0.05) is 24.3 Å². The van der Waals surface area contributed by atoms with E-state index in [-0.39, 0.29) is 11.5 Å². The number of ether oxygens (including phenoxy) is 1. The Morgan fingerprint density at radius 2 is 1.80 bits per heavy atom. The highest BCUT2D eigenvalue weighted by atomic mass is 32.2. The zero-order chi connectivity index (χ0) is 18.4. The molecule has 0 heterocycles. The minimum absolute atomic E-state index is 0.110. The third kappa shape index (κ3) is 5.59. The van der Waals surface area contributed by atoms with Crippen molar-refractivity contribution in [2.75, 3.05) is 12.8 Å². The Kier molecular flexibility index (Phi) is 6.64. The first-order valence-corrected chi connectivity index (χ1v) is 10.4. The van der Waals surface area contributed by atoms with E-state index in [0.29, 0.717) is 5.56 Å². The molecule has 0 aliphatic carbocycles. The van der Waals surface area contributed by atoms with Crippen LogP contribution >= 0.6 is 11.8 Å². The predicted octanol–water partition coefficient (Wildman–Crippen LogP) is 3.05. The van der Waals surface area contributed by atoms with Crippen molar-refractivity contribution in [2.24, 2.45) is 0 Å². The molecule has 7 heteroatoms. The summed E-state index contributed by atoms with van der Waals surface area (Å²) in [5.74, 6) is -0.622. The average Bonchev–Trinajstić information content (AvgIpc) is 2.60. The third-order valence-corrected chi connectivity index (χ3v) is 5.89. The van der Waals surface area contributed by atoms with E-state index in [1.165, 1.54) is 0 Å². The van der Waals surface area contributed by atoms with E-state index in [4.69, 9.17) is 4.74 Å². The minimum atomic E-state index is -3.75. The lowest BCUT2D eigenvalue weighted by Gasteiger charge is -2.10. The van der Waals surface area contributed by atoms with Gasteiger partial charge in [0.15, 0.2) is 0 Å². The molecule has 1 N–H and O–H groups in total. The Hall–Kier alpha value is -1.83. The van der Waals surface area contributed by atoms with Crippen LogP contribution in [0, 0.1) is 13.8 Å². The van der Waals surface area contributed by atoms with Crippen LogP contribution in [0.15, 0.2) is 52.3 Å². The molecule has 0 saturated heterocycles. The topological polar surface area (TPSA) is 72.5 Å². The van der Waals surface area contributed by atoms with E-state index < -0.39 is 22.5 Å². The Balaban J connectivity index is 1.91. The number of hydrogen-bond donors (Lipinski definition) is 1. The lowest BCUT2D eigenvalue weighted by atomic mass is 10.2. The van der Waals surface area contributed by atoms with Crippen molar-refractivity contribution < 1.29 is 17.9 Å². The van der Waals surface area contributed by atoms with Crippen molar-refractivity contribution in [2.45, 2.75) is 30.2 Å². The maximum Gasteiger partial charge on any atom is 0.321 e. The van der Waals surface area contributed by atoms with Gasteiger partial charge in [0, 0.05) is 4.90 Å². The van der Waals surface area contributed by atoms with Gasteiger partial charge in [-0.15, -0.1) is 11.8 Å². The summed E-state index contributed by atoms with van der Waals surface area (Å²) in [6.45, 7) is 3.23. The summed E-state index contributed by atoms with van der Waals surface area (Å²) < 4.78 is 32.1. The van der Waals surface area contributed by atoms with Gasteiger partial charge in [-0.05, 0) is 55.0 Å². The standard InChI is InChI=1S/C18H21NO4S2/c1-13-4-5-14(2)17(10-13)25(21,22)19-11-18(20)23-12-15-6-8-16(24-3)9-7-15/h4-10,19H,11-12H2,1-3H3. The van der Waals surface area contributed by atoms with Crippen molar-refractivity contribution in [3.8, 4) is 0 Å². The Bertz CT molecular complexity index is 846. The molecule has 2 rings (SSSR count). The molecular formula is C18H21NO4S2. The lowest BCUT2D eigenvalue weighted by Crippen LogP contribution is -2.31. The molecule has 0 unspecified atom stereocenters. The maximum atomic E-state index is 12.3. The predicted molar refractivity (Wildman–Crippen MR) is 99.1 cm³/mol. The Labute approximate surface area is 152 Å². The first kappa shape index (κ1) is 19.5. The first-order valence-electron chi connectivity index (χ1n) is 7.67. The number of carbonyl (C=O) groups is 1. The summed E-state index contributed by atoms with van der Waals surface area (Å²) in [6.07, 6.45) is 1.98. The summed E-state index contributed by atoms with van der Waals surface area (Å²) in [5, 5.41) is 0. The van der Waals surface area contributed by atoms with Crippen LogP contribution in [0.2, 0.25) is 0 Å². The first-order chi connectivity index (χ1) is 11.8. The monoisotopic (exact) mass is 379 g/mol. The molecule has 0 spiro atoms. The highest BCUT2D eigenvalue weighted by Gasteiger charge is 2.18.